The Morgan fingerprint density at radius 2 is 1.51 bits per heavy atom. The van der Waals surface area contributed by atoms with E-state index in [1.807, 2.05) is 42.5 Å². The summed E-state index contributed by atoms with van der Waals surface area (Å²) >= 11 is 0. The number of phenols is 1. The van der Waals surface area contributed by atoms with E-state index in [2.05, 4.69) is 10.3 Å². The van der Waals surface area contributed by atoms with Crippen molar-refractivity contribution in [1.29, 1.82) is 0 Å². The van der Waals surface area contributed by atoms with Gasteiger partial charge in [-0.25, -0.2) is 0 Å². The van der Waals surface area contributed by atoms with Crippen molar-refractivity contribution in [3.63, 3.8) is 0 Å². The molecule has 8 nitrogen and oxygen atoms in total. The van der Waals surface area contributed by atoms with Gasteiger partial charge in [-0.1, -0.05) is 18.2 Å². The van der Waals surface area contributed by atoms with Crippen LogP contribution >= 0.6 is 0 Å². The lowest BCUT2D eigenvalue weighted by molar-refractivity contribution is 0.102. The van der Waals surface area contributed by atoms with Gasteiger partial charge in [-0.15, -0.1) is 0 Å². The molecule has 0 radical (unpaired) electrons. The van der Waals surface area contributed by atoms with Crippen LogP contribution in [0.3, 0.4) is 0 Å². The average Bonchev–Trinajstić information content (AvgIpc) is 2.92. The molecule has 1 amide bonds. The van der Waals surface area contributed by atoms with Crippen LogP contribution in [0, 0.1) is 0 Å². The van der Waals surface area contributed by atoms with Gasteiger partial charge in [0.2, 0.25) is 0 Å². The number of carbonyl (C=O) groups is 1. The summed E-state index contributed by atoms with van der Waals surface area (Å²) in [6.07, 6.45) is 1.68. The SMILES string of the molecule is COc1cc2nccc(Oc3ccc4cc(NC(=O)c5c(O)cccc5OC)ccc4c3)c2cc1OC. The van der Waals surface area contributed by atoms with Crippen LogP contribution in [0.4, 0.5) is 5.69 Å². The minimum Gasteiger partial charge on any atom is -0.507 e. The Morgan fingerprint density at radius 3 is 2.30 bits per heavy atom. The monoisotopic (exact) mass is 496 g/mol. The number of nitrogens with one attached hydrogen (secondary N) is 1. The highest BCUT2D eigenvalue weighted by Crippen LogP contribution is 2.37. The zero-order valence-corrected chi connectivity index (χ0v) is 20.4. The van der Waals surface area contributed by atoms with Crippen molar-refractivity contribution in [2.45, 2.75) is 0 Å². The predicted molar refractivity (Wildman–Crippen MR) is 141 cm³/mol. The maximum absolute atomic E-state index is 12.8. The summed E-state index contributed by atoms with van der Waals surface area (Å²) in [6, 6.07) is 21.3. The van der Waals surface area contributed by atoms with E-state index < -0.39 is 5.91 Å². The van der Waals surface area contributed by atoms with Gasteiger partial charge in [0.05, 0.1) is 26.8 Å². The summed E-state index contributed by atoms with van der Waals surface area (Å²) in [5, 5.41) is 15.6. The summed E-state index contributed by atoms with van der Waals surface area (Å²) in [6.45, 7) is 0. The number of nitrogens with zero attached hydrogens (tertiary/aromatic N) is 1. The Hall–Kier alpha value is -4.98. The largest absolute Gasteiger partial charge is 0.507 e. The van der Waals surface area contributed by atoms with Crippen molar-refractivity contribution in [2.24, 2.45) is 0 Å². The van der Waals surface area contributed by atoms with Crippen molar-refractivity contribution >= 4 is 33.3 Å². The lowest BCUT2D eigenvalue weighted by Crippen LogP contribution is -2.13. The molecule has 37 heavy (non-hydrogen) atoms. The van der Waals surface area contributed by atoms with Gasteiger partial charge >= 0.3 is 0 Å². The molecule has 0 saturated heterocycles. The molecule has 1 aromatic heterocycles. The van der Waals surface area contributed by atoms with E-state index in [-0.39, 0.29) is 11.3 Å². The number of ether oxygens (including phenoxy) is 4. The van der Waals surface area contributed by atoms with Crippen LogP contribution in [-0.2, 0) is 0 Å². The van der Waals surface area contributed by atoms with Crippen LogP contribution in [0.25, 0.3) is 21.7 Å². The number of methoxy groups -OCH3 is 3. The maximum Gasteiger partial charge on any atom is 0.263 e. The van der Waals surface area contributed by atoms with E-state index in [1.54, 1.807) is 44.7 Å². The third-order valence-electron chi connectivity index (χ3n) is 5.96. The second kappa shape index (κ2) is 9.94. The van der Waals surface area contributed by atoms with Crippen LogP contribution < -0.4 is 24.3 Å². The first-order chi connectivity index (χ1) is 18.0. The minimum absolute atomic E-state index is 0.0765. The topological polar surface area (TPSA) is 99.1 Å². The Labute approximate surface area is 213 Å². The fourth-order valence-corrected chi connectivity index (χ4v) is 4.14. The first kappa shape index (κ1) is 23.7. The van der Waals surface area contributed by atoms with Gasteiger partial charge in [0, 0.05) is 23.3 Å². The molecule has 0 bridgehead atoms. The summed E-state index contributed by atoms with van der Waals surface area (Å²) in [5.74, 6) is 2.12. The van der Waals surface area contributed by atoms with Gasteiger partial charge in [-0.05, 0) is 59.3 Å². The second-order valence-corrected chi connectivity index (χ2v) is 8.17. The molecule has 0 fully saturated rings. The van der Waals surface area contributed by atoms with Crippen LogP contribution in [0.5, 0.6) is 34.5 Å². The van der Waals surface area contributed by atoms with Gasteiger partial charge in [-0.3, -0.25) is 9.78 Å². The Morgan fingerprint density at radius 1 is 0.784 bits per heavy atom. The third kappa shape index (κ3) is 4.64. The number of aromatic hydroxyl groups is 1. The first-order valence-electron chi connectivity index (χ1n) is 11.4. The lowest BCUT2D eigenvalue weighted by Gasteiger charge is -2.13. The molecular formula is C29H24N2O6. The first-order valence-corrected chi connectivity index (χ1v) is 11.4. The van der Waals surface area contributed by atoms with Gasteiger partial charge < -0.3 is 29.4 Å². The molecule has 0 atom stereocenters. The average molecular weight is 497 g/mol. The molecule has 4 aromatic carbocycles. The Balaban J connectivity index is 1.41. The van der Waals surface area contributed by atoms with Gasteiger partial charge in [0.1, 0.15) is 28.6 Å². The molecule has 5 aromatic rings. The highest BCUT2D eigenvalue weighted by molar-refractivity contribution is 6.08. The number of aromatic nitrogens is 1. The Kier molecular flexibility index (Phi) is 6.38. The molecule has 0 aliphatic heterocycles. The summed E-state index contributed by atoms with van der Waals surface area (Å²) in [5.41, 5.74) is 1.38. The Bertz CT molecular complexity index is 1630. The molecule has 0 aliphatic rings. The number of hydrogen-bond donors (Lipinski definition) is 2. The number of phenolic OH excluding ortho intramolecular Hbond substituents is 1. The number of amides is 1. The molecule has 0 aliphatic carbocycles. The molecule has 5 rings (SSSR count). The van der Waals surface area contributed by atoms with Gasteiger partial charge in [0.25, 0.3) is 5.91 Å². The fourth-order valence-electron chi connectivity index (χ4n) is 4.14. The number of benzene rings is 4. The van der Waals surface area contributed by atoms with Crippen LogP contribution in [-0.4, -0.2) is 37.3 Å². The number of anilines is 1. The second-order valence-electron chi connectivity index (χ2n) is 8.17. The molecule has 2 N–H and O–H groups in total. The number of pyridine rings is 1. The number of carbonyl (C=O) groups excluding carboxylic acids is 1. The van der Waals surface area contributed by atoms with E-state index >= 15 is 0 Å². The van der Waals surface area contributed by atoms with Crippen molar-refractivity contribution in [3.8, 4) is 34.5 Å². The van der Waals surface area contributed by atoms with Crippen LogP contribution in [0.15, 0.2) is 79.0 Å². The van der Waals surface area contributed by atoms with E-state index in [0.29, 0.717) is 34.4 Å². The quantitative estimate of drug-likeness (QED) is 0.278. The standard InChI is InChI=1S/C29H24N2O6/c1-34-25-6-4-5-23(32)28(25)29(33)31-19-9-7-18-14-20(10-8-17(18)13-19)37-24-11-12-30-22-16-27(36-3)26(35-2)15-21(22)24/h4-16,32H,1-3H3,(H,31,33). The number of fused-ring (bicyclic) bond motifs is 2. The summed E-state index contributed by atoms with van der Waals surface area (Å²) in [4.78, 5) is 17.2. The van der Waals surface area contributed by atoms with Crippen molar-refractivity contribution in [1.82, 2.24) is 4.98 Å². The number of rotatable bonds is 7. The number of hydrogen-bond acceptors (Lipinski definition) is 7. The molecule has 0 saturated carbocycles. The van der Waals surface area contributed by atoms with Crippen molar-refractivity contribution < 1.29 is 28.8 Å². The smallest absolute Gasteiger partial charge is 0.263 e. The maximum atomic E-state index is 12.8. The highest BCUT2D eigenvalue weighted by Gasteiger charge is 2.17. The molecule has 0 unspecified atom stereocenters. The van der Waals surface area contributed by atoms with Crippen molar-refractivity contribution in [3.05, 3.63) is 84.6 Å². The zero-order chi connectivity index (χ0) is 25.9. The third-order valence-corrected chi connectivity index (χ3v) is 5.96. The molecule has 0 spiro atoms. The molecular weight excluding hydrogens is 472 g/mol. The normalized spacial score (nSPS) is 10.8. The van der Waals surface area contributed by atoms with E-state index in [0.717, 1.165) is 21.7 Å². The predicted octanol–water partition coefficient (Wildman–Crippen LogP) is 6.16. The minimum atomic E-state index is -0.467. The highest BCUT2D eigenvalue weighted by atomic mass is 16.5. The van der Waals surface area contributed by atoms with Gasteiger partial charge in [0.15, 0.2) is 11.5 Å². The molecule has 1 heterocycles. The van der Waals surface area contributed by atoms with Crippen LogP contribution in [0.2, 0.25) is 0 Å². The molecule has 8 heteroatoms. The molecule has 186 valence electrons. The summed E-state index contributed by atoms with van der Waals surface area (Å²) in [7, 11) is 4.61. The van der Waals surface area contributed by atoms with E-state index in [9.17, 15) is 9.90 Å². The lowest BCUT2D eigenvalue weighted by atomic mass is 10.1. The zero-order valence-electron chi connectivity index (χ0n) is 20.4. The van der Waals surface area contributed by atoms with Crippen molar-refractivity contribution in [2.75, 3.05) is 26.6 Å². The van der Waals surface area contributed by atoms with E-state index in [4.69, 9.17) is 18.9 Å². The summed E-state index contributed by atoms with van der Waals surface area (Å²) < 4.78 is 22.2. The van der Waals surface area contributed by atoms with Crippen LogP contribution in [0.1, 0.15) is 10.4 Å². The van der Waals surface area contributed by atoms with E-state index in [1.165, 1.54) is 13.2 Å². The van der Waals surface area contributed by atoms with Gasteiger partial charge in [-0.2, -0.15) is 0 Å². The fraction of sp³-hybridized carbons (Fsp3) is 0.103.